The van der Waals surface area contributed by atoms with Gasteiger partial charge in [0.05, 0.1) is 20.3 Å². The van der Waals surface area contributed by atoms with E-state index in [9.17, 15) is 0 Å². The van der Waals surface area contributed by atoms with Crippen LogP contribution in [-0.2, 0) is 11.8 Å². The van der Waals surface area contributed by atoms with Crippen LogP contribution < -0.4 is 14.8 Å². The van der Waals surface area contributed by atoms with Gasteiger partial charge < -0.3 is 14.8 Å². The highest BCUT2D eigenvalue weighted by molar-refractivity contribution is 5.60. The van der Waals surface area contributed by atoms with Gasteiger partial charge in [-0.05, 0) is 46.7 Å². The summed E-state index contributed by atoms with van der Waals surface area (Å²) in [4.78, 5) is 0. The lowest BCUT2D eigenvalue weighted by atomic mass is 9.85. The highest BCUT2D eigenvalue weighted by Gasteiger charge is 2.25. The Balaban J connectivity index is 1.90. The fourth-order valence-corrected chi connectivity index (χ4v) is 3.06. The van der Waals surface area contributed by atoms with Gasteiger partial charge in [-0.2, -0.15) is 0 Å². The fourth-order valence-electron chi connectivity index (χ4n) is 3.06. The van der Waals surface area contributed by atoms with Gasteiger partial charge in [0, 0.05) is 11.8 Å². The summed E-state index contributed by atoms with van der Waals surface area (Å²) in [6.45, 7) is 6.75. The molecule has 23 heavy (non-hydrogen) atoms. The lowest BCUT2D eigenvalue weighted by Gasteiger charge is -2.19. The second-order valence-electron chi connectivity index (χ2n) is 7.17. The largest absolute Gasteiger partial charge is 0.497 e. The van der Waals surface area contributed by atoms with Crippen LogP contribution in [0.25, 0.3) is 0 Å². The molecular formula is C20H25NO2. The van der Waals surface area contributed by atoms with Gasteiger partial charge in [-0.15, -0.1) is 0 Å². The molecule has 0 radical (unpaired) electrons. The zero-order valence-electron chi connectivity index (χ0n) is 14.6. The Morgan fingerprint density at radius 3 is 2.17 bits per heavy atom. The number of rotatable bonds is 3. The molecule has 0 amide bonds. The van der Waals surface area contributed by atoms with Gasteiger partial charge >= 0.3 is 0 Å². The minimum Gasteiger partial charge on any atom is -0.497 e. The lowest BCUT2D eigenvalue weighted by molar-refractivity contribution is 0.393. The zero-order chi connectivity index (χ0) is 16.6. The molecule has 0 saturated carbocycles. The Kier molecular flexibility index (Phi) is 3.97. The highest BCUT2D eigenvalue weighted by Crippen LogP contribution is 2.38. The van der Waals surface area contributed by atoms with Crippen LogP contribution in [0.1, 0.15) is 43.5 Å². The second-order valence-corrected chi connectivity index (χ2v) is 7.17. The monoisotopic (exact) mass is 311 g/mol. The summed E-state index contributed by atoms with van der Waals surface area (Å²) >= 11 is 0. The minimum absolute atomic E-state index is 0.173. The van der Waals surface area contributed by atoms with E-state index in [4.69, 9.17) is 9.47 Å². The van der Waals surface area contributed by atoms with Crippen LogP contribution in [0.2, 0.25) is 0 Å². The van der Waals surface area contributed by atoms with Crippen molar-refractivity contribution in [1.29, 1.82) is 0 Å². The Bertz CT molecular complexity index is 694. The fraction of sp³-hybridized carbons (Fsp3) is 0.400. The van der Waals surface area contributed by atoms with Crippen LogP contribution in [0.3, 0.4) is 0 Å². The summed E-state index contributed by atoms with van der Waals surface area (Å²) in [5.74, 6) is 1.65. The van der Waals surface area contributed by atoms with Crippen LogP contribution in [0.4, 0.5) is 5.69 Å². The maximum Gasteiger partial charge on any atom is 0.122 e. The van der Waals surface area contributed by atoms with E-state index < -0.39 is 0 Å². The first-order valence-electron chi connectivity index (χ1n) is 8.03. The molecule has 1 atom stereocenters. The van der Waals surface area contributed by atoms with Crippen LogP contribution >= 0.6 is 0 Å². The van der Waals surface area contributed by atoms with E-state index in [1.54, 1.807) is 14.2 Å². The van der Waals surface area contributed by atoms with Crippen molar-refractivity contribution in [2.45, 2.75) is 38.6 Å². The molecule has 1 aliphatic rings. The number of hydrogen-bond acceptors (Lipinski definition) is 3. The smallest absolute Gasteiger partial charge is 0.122 e. The van der Waals surface area contributed by atoms with Crippen molar-refractivity contribution in [1.82, 2.24) is 0 Å². The molecule has 3 nitrogen and oxygen atoms in total. The number of anilines is 1. The molecule has 1 aliphatic heterocycles. The molecule has 122 valence electrons. The molecule has 0 fully saturated rings. The molecule has 3 heteroatoms. The molecule has 0 spiro atoms. The topological polar surface area (TPSA) is 30.5 Å². The first-order chi connectivity index (χ1) is 10.9. The summed E-state index contributed by atoms with van der Waals surface area (Å²) < 4.78 is 10.8. The third-order valence-electron chi connectivity index (χ3n) is 4.50. The van der Waals surface area contributed by atoms with E-state index in [0.29, 0.717) is 0 Å². The first-order valence-corrected chi connectivity index (χ1v) is 8.03. The van der Waals surface area contributed by atoms with Crippen molar-refractivity contribution < 1.29 is 9.47 Å². The van der Waals surface area contributed by atoms with E-state index in [2.05, 4.69) is 56.4 Å². The van der Waals surface area contributed by atoms with Gasteiger partial charge in [0.25, 0.3) is 0 Å². The van der Waals surface area contributed by atoms with Crippen LogP contribution in [-0.4, -0.2) is 14.2 Å². The minimum atomic E-state index is 0.173. The summed E-state index contributed by atoms with van der Waals surface area (Å²) in [7, 11) is 3.37. The predicted molar refractivity (Wildman–Crippen MR) is 94.8 cm³/mol. The number of methoxy groups -OCH3 is 2. The Morgan fingerprint density at radius 1 is 0.957 bits per heavy atom. The highest BCUT2D eigenvalue weighted by atomic mass is 16.5. The van der Waals surface area contributed by atoms with Gasteiger partial charge in [-0.3, -0.25) is 0 Å². The van der Waals surface area contributed by atoms with Crippen molar-refractivity contribution >= 4 is 5.69 Å². The SMILES string of the molecule is COc1cc(OC)cc(C2Cc3cc(C(C)(C)C)ccc3N2)c1. The van der Waals surface area contributed by atoms with Crippen molar-refractivity contribution in [3.63, 3.8) is 0 Å². The molecule has 0 aliphatic carbocycles. The molecule has 2 aromatic carbocycles. The molecule has 2 aromatic rings. The van der Waals surface area contributed by atoms with Gasteiger partial charge in [0.2, 0.25) is 0 Å². The maximum absolute atomic E-state index is 5.39. The normalized spacial score (nSPS) is 16.7. The van der Waals surface area contributed by atoms with Gasteiger partial charge in [0.1, 0.15) is 11.5 Å². The lowest BCUT2D eigenvalue weighted by Crippen LogP contribution is -2.10. The molecule has 0 saturated heterocycles. The molecule has 0 aromatic heterocycles. The van der Waals surface area contributed by atoms with E-state index in [1.807, 2.05) is 6.07 Å². The zero-order valence-corrected chi connectivity index (χ0v) is 14.6. The summed E-state index contributed by atoms with van der Waals surface area (Å²) in [5.41, 5.74) is 5.34. The maximum atomic E-state index is 5.39. The van der Waals surface area contributed by atoms with Crippen molar-refractivity contribution in [2.24, 2.45) is 0 Å². The van der Waals surface area contributed by atoms with Crippen molar-refractivity contribution in [3.05, 3.63) is 53.1 Å². The van der Waals surface area contributed by atoms with E-state index in [0.717, 1.165) is 17.9 Å². The van der Waals surface area contributed by atoms with Crippen LogP contribution in [0.15, 0.2) is 36.4 Å². The van der Waals surface area contributed by atoms with E-state index >= 15 is 0 Å². The molecular weight excluding hydrogens is 286 g/mol. The Hall–Kier alpha value is -2.16. The Labute approximate surface area is 138 Å². The molecule has 1 heterocycles. The van der Waals surface area contributed by atoms with Gasteiger partial charge in [0.15, 0.2) is 0 Å². The number of ether oxygens (including phenoxy) is 2. The number of benzene rings is 2. The average molecular weight is 311 g/mol. The number of hydrogen-bond donors (Lipinski definition) is 1. The third-order valence-corrected chi connectivity index (χ3v) is 4.50. The standard InChI is InChI=1S/C20H25NO2/c1-20(2,3)15-6-7-18-13(8-15)11-19(21-18)14-9-16(22-4)12-17(10-14)23-5/h6-10,12,19,21H,11H2,1-5H3. The average Bonchev–Trinajstić information content (AvgIpc) is 2.96. The number of fused-ring (bicyclic) bond motifs is 1. The summed E-state index contributed by atoms with van der Waals surface area (Å²) in [6, 6.07) is 13.1. The van der Waals surface area contributed by atoms with Gasteiger partial charge in [-0.1, -0.05) is 32.9 Å². The third kappa shape index (κ3) is 3.14. The number of nitrogens with one attached hydrogen (secondary N) is 1. The predicted octanol–water partition coefficient (Wildman–Crippen LogP) is 4.71. The Morgan fingerprint density at radius 2 is 1.61 bits per heavy atom. The molecule has 1 N–H and O–H groups in total. The van der Waals surface area contributed by atoms with Crippen molar-refractivity contribution in [2.75, 3.05) is 19.5 Å². The van der Waals surface area contributed by atoms with Crippen LogP contribution in [0.5, 0.6) is 11.5 Å². The van der Waals surface area contributed by atoms with Crippen molar-refractivity contribution in [3.8, 4) is 11.5 Å². The summed E-state index contributed by atoms with van der Waals surface area (Å²) in [5, 5.41) is 3.62. The molecule has 0 bridgehead atoms. The molecule has 1 unspecified atom stereocenters. The van der Waals surface area contributed by atoms with E-state index in [-0.39, 0.29) is 11.5 Å². The first kappa shape index (κ1) is 15.7. The molecule has 3 rings (SSSR count). The second kappa shape index (κ2) is 5.80. The quantitative estimate of drug-likeness (QED) is 0.890. The van der Waals surface area contributed by atoms with Crippen LogP contribution in [0, 0.1) is 0 Å². The van der Waals surface area contributed by atoms with Gasteiger partial charge in [-0.25, -0.2) is 0 Å². The van der Waals surface area contributed by atoms with E-state index in [1.165, 1.54) is 22.4 Å². The summed E-state index contributed by atoms with van der Waals surface area (Å²) in [6.07, 6.45) is 0.982.